The van der Waals surface area contributed by atoms with Crippen molar-refractivity contribution >= 4 is 17.5 Å². The molecule has 1 aliphatic carbocycles. The molecule has 0 bridgehead atoms. The predicted octanol–water partition coefficient (Wildman–Crippen LogP) is 1.83. The topological polar surface area (TPSA) is 73.1 Å². The van der Waals surface area contributed by atoms with Crippen LogP contribution >= 0.6 is 11.6 Å². The van der Waals surface area contributed by atoms with E-state index in [1.807, 2.05) is 0 Å². The molecule has 1 aromatic heterocycles. The minimum absolute atomic E-state index is 0.359. The van der Waals surface area contributed by atoms with E-state index in [4.69, 9.17) is 22.1 Å². The molecule has 1 heterocycles. The van der Waals surface area contributed by atoms with Crippen molar-refractivity contribution in [2.24, 2.45) is 5.73 Å². The van der Waals surface area contributed by atoms with Crippen LogP contribution < -0.4 is 11.1 Å². The smallest absolute Gasteiger partial charge is 0.222 e. The summed E-state index contributed by atoms with van der Waals surface area (Å²) >= 11 is 5.70. The average molecular weight is 271 g/mol. The highest BCUT2D eigenvalue weighted by atomic mass is 35.5. The number of ether oxygens (including phenoxy) is 1. The molecule has 3 N–H and O–H groups in total. The molecule has 6 heteroatoms. The Balaban J connectivity index is 1.60. The van der Waals surface area contributed by atoms with Crippen molar-refractivity contribution in [2.45, 2.75) is 37.8 Å². The molecule has 1 saturated carbocycles. The van der Waals surface area contributed by atoms with E-state index in [-0.39, 0.29) is 0 Å². The van der Waals surface area contributed by atoms with Crippen molar-refractivity contribution in [3.05, 3.63) is 17.4 Å². The van der Waals surface area contributed by atoms with Crippen LogP contribution in [0.15, 0.2) is 12.4 Å². The number of aromatic nitrogens is 2. The van der Waals surface area contributed by atoms with Gasteiger partial charge in [-0.3, -0.25) is 0 Å². The molecule has 100 valence electrons. The maximum atomic E-state index is 5.84. The Labute approximate surface area is 112 Å². The van der Waals surface area contributed by atoms with Gasteiger partial charge in [-0.15, -0.1) is 0 Å². The van der Waals surface area contributed by atoms with Gasteiger partial charge in [-0.2, -0.15) is 0 Å². The van der Waals surface area contributed by atoms with Crippen LogP contribution in [0.5, 0.6) is 0 Å². The van der Waals surface area contributed by atoms with Gasteiger partial charge in [0.2, 0.25) is 5.95 Å². The van der Waals surface area contributed by atoms with E-state index in [0.717, 1.165) is 25.7 Å². The number of halogens is 1. The third-order valence-corrected chi connectivity index (χ3v) is 3.27. The SMILES string of the molecule is NC1CCC(OCCNc2ncc(Cl)cn2)CC1. The lowest BCUT2D eigenvalue weighted by Gasteiger charge is -2.26. The number of hydrogen-bond acceptors (Lipinski definition) is 5. The van der Waals surface area contributed by atoms with Crippen LogP contribution in [-0.4, -0.2) is 35.3 Å². The predicted molar refractivity (Wildman–Crippen MR) is 71.7 cm³/mol. The molecule has 0 atom stereocenters. The summed E-state index contributed by atoms with van der Waals surface area (Å²) in [5.41, 5.74) is 5.84. The van der Waals surface area contributed by atoms with Gasteiger partial charge in [0.1, 0.15) is 0 Å². The first-order chi connectivity index (χ1) is 8.74. The molecule has 0 aliphatic heterocycles. The number of hydrogen-bond donors (Lipinski definition) is 2. The molecule has 1 fully saturated rings. The molecule has 1 aromatic rings. The van der Waals surface area contributed by atoms with Crippen LogP contribution in [0.3, 0.4) is 0 Å². The summed E-state index contributed by atoms with van der Waals surface area (Å²) in [5, 5.41) is 3.63. The summed E-state index contributed by atoms with van der Waals surface area (Å²) in [6.07, 6.45) is 7.77. The number of nitrogens with zero attached hydrogens (tertiary/aromatic N) is 2. The molecule has 18 heavy (non-hydrogen) atoms. The third kappa shape index (κ3) is 4.40. The first kappa shape index (κ1) is 13.5. The van der Waals surface area contributed by atoms with Crippen molar-refractivity contribution in [3.8, 4) is 0 Å². The summed E-state index contributed by atoms with van der Waals surface area (Å²) in [6.45, 7) is 1.36. The Bertz CT molecular complexity index is 352. The molecule has 5 nitrogen and oxygen atoms in total. The Morgan fingerprint density at radius 2 is 1.94 bits per heavy atom. The fourth-order valence-electron chi connectivity index (χ4n) is 2.05. The van der Waals surface area contributed by atoms with Crippen LogP contribution in [0.2, 0.25) is 5.02 Å². The van der Waals surface area contributed by atoms with Crippen LogP contribution in [0.4, 0.5) is 5.95 Å². The van der Waals surface area contributed by atoms with Crippen molar-refractivity contribution in [1.82, 2.24) is 9.97 Å². The van der Waals surface area contributed by atoms with Crippen molar-refractivity contribution in [2.75, 3.05) is 18.5 Å². The van der Waals surface area contributed by atoms with Crippen LogP contribution in [0.1, 0.15) is 25.7 Å². The van der Waals surface area contributed by atoms with Gasteiger partial charge in [-0.05, 0) is 25.7 Å². The largest absolute Gasteiger partial charge is 0.376 e. The molecule has 0 unspecified atom stereocenters. The maximum absolute atomic E-state index is 5.84. The Morgan fingerprint density at radius 3 is 2.61 bits per heavy atom. The molecule has 0 spiro atoms. The van der Waals surface area contributed by atoms with Gasteiger partial charge in [0.15, 0.2) is 0 Å². The highest BCUT2D eigenvalue weighted by molar-refractivity contribution is 6.30. The van der Waals surface area contributed by atoms with Crippen LogP contribution in [0.25, 0.3) is 0 Å². The summed E-state index contributed by atoms with van der Waals surface area (Å²) in [7, 11) is 0. The highest BCUT2D eigenvalue weighted by Crippen LogP contribution is 2.19. The Kier molecular flexibility index (Phi) is 5.16. The normalized spacial score (nSPS) is 23.9. The van der Waals surface area contributed by atoms with Crippen molar-refractivity contribution in [1.29, 1.82) is 0 Å². The second-order valence-electron chi connectivity index (χ2n) is 4.56. The Hall–Kier alpha value is -0.910. The number of nitrogens with two attached hydrogens (primary N) is 1. The van der Waals surface area contributed by atoms with Crippen LogP contribution in [0, 0.1) is 0 Å². The highest BCUT2D eigenvalue weighted by Gasteiger charge is 2.18. The standard InChI is InChI=1S/C12H19ClN4O/c13-9-7-16-12(17-8-9)15-5-6-18-11-3-1-10(14)2-4-11/h7-8,10-11H,1-6,14H2,(H,15,16,17). The lowest BCUT2D eigenvalue weighted by molar-refractivity contribution is 0.0312. The molecular formula is C12H19ClN4O. The zero-order valence-corrected chi connectivity index (χ0v) is 11.1. The van der Waals surface area contributed by atoms with Crippen LogP contribution in [-0.2, 0) is 4.74 Å². The maximum Gasteiger partial charge on any atom is 0.222 e. The lowest BCUT2D eigenvalue weighted by atomic mass is 9.94. The first-order valence-electron chi connectivity index (χ1n) is 6.32. The lowest BCUT2D eigenvalue weighted by Crippen LogP contribution is -2.31. The molecule has 2 rings (SSSR count). The molecular weight excluding hydrogens is 252 g/mol. The second-order valence-corrected chi connectivity index (χ2v) is 5.00. The van der Waals surface area contributed by atoms with E-state index in [2.05, 4.69) is 15.3 Å². The number of rotatable bonds is 5. The fraction of sp³-hybridized carbons (Fsp3) is 0.667. The van der Waals surface area contributed by atoms with Gasteiger partial charge in [-0.1, -0.05) is 11.6 Å². The minimum Gasteiger partial charge on any atom is -0.376 e. The van der Waals surface area contributed by atoms with E-state index in [0.29, 0.717) is 36.3 Å². The molecule has 0 saturated heterocycles. The quantitative estimate of drug-likeness (QED) is 0.799. The van der Waals surface area contributed by atoms with E-state index in [1.165, 1.54) is 0 Å². The summed E-state index contributed by atoms with van der Waals surface area (Å²) < 4.78 is 5.78. The van der Waals surface area contributed by atoms with Gasteiger partial charge < -0.3 is 15.8 Å². The van der Waals surface area contributed by atoms with E-state index in [9.17, 15) is 0 Å². The average Bonchev–Trinajstić information content (AvgIpc) is 2.39. The number of nitrogens with one attached hydrogen (secondary N) is 1. The number of anilines is 1. The molecule has 0 aromatic carbocycles. The fourth-order valence-corrected chi connectivity index (χ4v) is 2.14. The van der Waals surface area contributed by atoms with Gasteiger partial charge in [0, 0.05) is 12.6 Å². The van der Waals surface area contributed by atoms with Gasteiger partial charge in [0.25, 0.3) is 0 Å². The monoisotopic (exact) mass is 270 g/mol. The van der Waals surface area contributed by atoms with Gasteiger partial charge in [-0.25, -0.2) is 9.97 Å². The zero-order valence-electron chi connectivity index (χ0n) is 10.3. The van der Waals surface area contributed by atoms with E-state index >= 15 is 0 Å². The Morgan fingerprint density at radius 1 is 1.28 bits per heavy atom. The van der Waals surface area contributed by atoms with E-state index in [1.54, 1.807) is 12.4 Å². The summed E-state index contributed by atoms with van der Waals surface area (Å²) in [6, 6.07) is 0.366. The summed E-state index contributed by atoms with van der Waals surface area (Å²) in [4.78, 5) is 8.09. The second kappa shape index (κ2) is 6.87. The molecule has 1 aliphatic rings. The third-order valence-electron chi connectivity index (χ3n) is 3.08. The van der Waals surface area contributed by atoms with Gasteiger partial charge in [0.05, 0.1) is 30.1 Å². The van der Waals surface area contributed by atoms with Crippen molar-refractivity contribution in [3.63, 3.8) is 0 Å². The first-order valence-corrected chi connectivity index (χ1v) is 6.70. The van der Waals surface area contributed by atoms with E-state index < -0.39 is 0 Å². The zero-order chi connectivity index (χ0) is 12.8. The van der Waals surface area contributed by atoms with Gasteiger partial charge >= 0.3 is 0 Å². The molecule has 0 amide bonds. The van der Waals surface area contributed by atoms with Crippen molar-refractivity contribution < 1.29 is 4.74 Å². The summed E-state index contributed by atoms with van der Waals surface area (Å²) in [5.74, 6) is 0.577. The minimum atomic E-state index is 0.359. The molecule has 0 radical (unpaired) electrons.